The maximum absolute atomic E-state index is 11.6. The number of hydrogen-bond acceptors (Lipinski definition) is 6. The van der Waals surface area contributed by atoms with Gasteiger partial charge in [-0.15, -0.1) is 0 Å². The van der Waals surface area contributed by atoms with Gasteiger partial charge >= 0.3 is 5.97 Å². The first-order valence-electron chi connectivity index (χ1n) is 6.95. The summed E-state index contributed by atoms with van der Waals surface area (Å²) in [7, 11) is 1.23. The number of hydrogen-bond donors (Lipinski definition) is 0. The van der Waals surface area contributed by atoms with E-state index in [1.54, 1.807) is 0 Å². The lowest BCUT2D eigenvalue weighted by molar-refractivity contribution is -0.164. The average molecular weight is 286 g/mol. The van der Waals surface area contributed by atoms with Crippen LogP contribution in [0.1, 0.15) is 44.9 Å². The van der Waals surface area contributed by atoms with Crippen LogP contribution in [0, 0.1) is 0 Å². The highest BCUT2D eigenvalue weighted by atomic mass is 16.7. The molecular formula is C14H22O6. The Labute approximate surface area is 118 Å². The Bertz CT molecular complexity index is 333. The van der Waals surface area contributed by atoms with Crippen molar-refractivity contribution in [3.63, 3.8) is 0 Å². The monoisotopic (exact) mass is 286 g/mol. The molecule has 0 aromatic carbocycles. The second kappa shape index (κ2) is 9.61. The first-order chi connectivity index (χ1) is 9.61. The molecule has 0 aromatic heterocycles. The van der Waals surface area contributed by atoms with E-state index < -0.39 is 5.97 Å². The minimum absolute atomic E-state index is 0.0426. The molecule has 0 radical (unpaired) electrons. The molecular weight excluding hydrogens is 264 g/mol. The van der Waals surface area contributed by atoms with Crippen molar-refractivity contribution < 1.29 is 28.6 Å². The van der Waals surface area contributed by atoms with Crippen LogP contribution in [-0.2, 0) is 28.6 Å². The van der Waals surface area contributed by atoms with Gasteiger partial charge in [0, 0.05) is 25.9 Å². The predicted molar refractivity (Wildman–Crippen MR) is 70.0 cm³/mol. The van der Waals surface area contributed by atoms with Gasteiger partial charge in [-0.2, -0.15) is 0 Å². The van der Waals surface area contributed by atoms with E-state index >= 15 is 0 Å². The second-order valence-corrected chi connectivity index (χ2v) is 4.75. The third kappa shape index (κ3) is 7.35. The third-order valence-electron chi connectivity index (χ3n) is 3.07. The van der Waals surface area contributed by atoms with Gasteiger partial charge in [0.2, 0.25) is 0 Å². The standard InChI is InChI=1S/C14H22O6/c1-18-13(17)10-12(16)6-5-11(15)7-9-20-14-4-2-3-8-19-14/h14H,2-10H2,1H3. The van der Waals surface area contributed by atoms with Crippen LogP contribution < -0.4 is 0 Å². The highest BCUT2D eigenvalue weighted by molar-refractivity contribution is 5.97. The number of ketones is 2. The normalized spacial score (nSPS) is 18.6. The smallest absolute Gasteiger partial charge is 0.313 e. The zero-order chi connectivity index (χ0) is 14.8. The fraction of sp³-hybridized carbons (Fsp3) is 0.786. The van der Waals surface area contributed by atoms with Crippen LogP contribution in [-0.4, -0.2) is 44.1 Å². The van der Waals surface area contributed by atoms with Gasteiger partial charge in [0.15, 0.2) is 6.29 Å². The number of Topliss-reactive ketones (excluding diaryl/α,β-unsaturated/α-hetero) is 2. The SMILES string of the molecule is COC(=O)CC(=O)CCC(=O)CCOC1CCCCO1. The van der Waals surface area contributed by atoms with Gasteiger partial charge in [0.05, 0.1) is 13.7 Å². The van der Waals surface area contributed by atoms with Crippen molar-refractivity contribution in [1.29, 1.82) is 0 Å². The van der Waals surface area contributed by atoms with Gasteiger partial charge < -0.3 is 14.2 Å². The fourth-order valence-corrected chi connectivity index (χ4v) is 1.87. The Hall–Kier alpha value is -1.27. The lowest BCUT2D eigenvalue weighted by atomic mass is 10.1. The largest absolute Gasteiger partial charge is 0.469 e. The van der Waals surface area contributed by atoms with Crippen LogP contribution >= 0.6 is 0 Å². The molecule has 0 N–H and O–H groups in total. The molecule has 1 fully saturated rings. The van der Waals surface area contributed by atoms with Crippen LogP contribution in [0.5, 0.6) is 0 Å². The van der Waals surface area contributed by atoms with Crippen LogP contribution in [0.4, 0.5) is 0 Å². The van der Waals surface area contributed by atoms with E-state index in [0.717, 1.165) is 19.3 Å². The predicted octanol–water partition coefficient (Wildman–Crippen LogP) is 1.40. The highest BCUT2D eigenvalue weighted by Crippen LogP contribution is 2.14. The van der Waals surface area contributed by atoms with Crippen LogP contribution in [0.3, 0.4) is 0 Å². The number of esters is 1. The van der Waals surface area contributed by atoms with E-state index in [1.165, 1.54) is 7.11 Å². The van der Waals surface area contributed by atoms with Gasteiger partial charge in [0.25, 0.3) is 0 Å². The summed E-state index contributed by atoms with van der Waals surface area (Å²) in [4.78, 5) is 33.7. The van der Waals surface area contributed by atoms with Gasteiger partial charge in [-0.1, -0.05) is 0 Å². The molecule has 6 heteroatoms. The summed E-state index contributed by atoms with van der Waals surface area (Å²) in [6.45, 7) is 1.02. The maximum Gasteiger partial charge on any atom is 0.313 e. The summed E-state index contributed by atoms with van der Waals surface area (Å²) in [6.07, 6.45) is 3.03. The van der Waals surface area contributed by atoms with Crippen LogP contribution in [0.2, 0.25) is 0 Å². The van der Waals surface area contributed by atoms with Crippen molar-refractivity contribution in [3.05, 3.63) is 0 Å². The Morgan fingerprint density at radius 2 is 1.85 bits per heavy atom. The summed E-state index contributed by atoms with van der Waals surface area (Å²) >= 11 is 0. The molecule has 1 heterocycles. The molecule has 0 spiro atoms. The number of carbonyl (C=O) groups is 3. The van der Waals surface area contributed by atoms with Crippen molar-refractivity contribution in [3.8, 4) is 0 Å². The van der Waals surface area contributed by atoms with E-state index in [2.05, 4.69) is 4.74 Å². The minimum atomic E-state index is -0.569. The van der Waals surface area contributed by atoms with Crippen LogP contribution in [0.15, 0.2) is 0 Å². The molecule has 114 valence electrons. The van der Waals surface area contributed by atoms with E-state index in [9.17, 15) is 14.4 Å². The summed E-state index contributed by atoms with van der Waals surface area (Å²) in [5, 5.41) is 0. The molecule has 0 amide bonds. The molecule has 6 nitrogen and oxygen atoms in total. The summed E-state index contributed by atoms with van der Waals surface area (Å²) in [6, 6.07) is 0. The molecule has 1 atom stereocenters. The quantitative estimate of drug-likeness (QED) is 0.471. The average Bonchev–Trinajstić information content (AvgIpc) is 2.46. The molecule has 1 rings (SSSR count). The lowest BCUT2D eigenvalue weighted by Gasteiger charge is -2.22. The summed E-state index contributed by atoms with van der Waals surface area (Å²) < 4.78 is 15.2. The highest BCUT2D eigenvalue weighted by Gasteiger charge is 2.15. The van der Waals surface area contributed by atoms with Gasteiger partial charge in [-0.3, -0.25) is 14.4 Å². The number of ether oxygens (including phenoxy) is 3. The lowest BCUT2D eigenvalue weighted by Crippen LogP contribution is -2.23. The van der Waals surface area contributed by atoms with Crippen molar-refractivity contribution >= 4 is 17.5 Å². The topological polar surface area (TPSA) is 78.9 Å². The maximum atomic E-state index is 11.6. The molecule has 1 aliphatic rings. The molecule has 0 aliphatic carbocycles. The van der Waals surface area contributed by atoms with E-state index in [0.29, 0.717) is 13.2 Å². The Balaban J connectivity index is 2.05. The number of methoxy groups -OCH3 is 1. The van der Waals surface area contributed by atoms with Crippen molar-refractivity contribution in [1.82, 2.24) is 0 Å². The van der Waals surface area contributed by atoms with Crippen molar-refractivity contribution in [2.24, 2.45) is 0 Å². The van der Waals surface area contributed by atoms with E-state index in [1.807, 2.05) is 0 Å². The van der Waals surface area contributed by atoms with Gasteiger partial charge in [-0.25, -0.2) is 0 Å². The minimum Gasteiger partial charge on any atom is -0.469 e. The summed E-state index contributed by atoms with van der Waals surface area (Å²) in [5.41, 5.74) is 0. The zero-order valence-corrected chi connectivity index (χ0v) is 11.9. The first-order valence-corrected chi connectivity index (χ1v) is 6.95. The molecule has 1 saturated heterocycles. The number of carbonyl (C=O) groups excluding carboxylic acids is 3. The first kappa shape index (κ1) is 16.8. The zero-order valence-electron chi connectivity index (χ0n) is 11.9. The Morgan fingerprint density at radius 1 is 1.10 bits per heavy atom. The molecule has 0 aromatic rings. The molecule has 20 heavy (non-hydrogen) atoms. The molecule has 0 saturated carbocycles. The number of rotatable bonds is 9. The van der Waals surface area contributed by atoms with E-state index in [4.69, 9.17) is 9.47 Å². The fourth-order valence-electron chi connectivity index (χ4n) is 1.87. The Kier molecular flexibility index (Phi) is 8.06. The van der Waals surface area contributed by atoms with Crippen molar-refractivity contribution in [2.45, 2.75) is 51.2 Å². The molecule has 1 unspecified atom stereocenters. The molecule has 0 bridgehead atoms. The Morgan fingerprint density at radius 3 is 2.50 bits per heavy atom. The molecule has 1 aliphatic heterocycles. The third-order valence-corrected chi connectivity index (χ3v) is 3.07. The van der Waals surface area contributed by atoms with Crippen LogP contribution in [0.25, 0.3) is 0 Å². The summed E-state index contributed by atoms with van der Waals surface area (Å²) in [5.74, 6) is -0.888. The van der Waals surface area contributed by atoms with Gasteiger partial charge in [0.1, 0.15) is 18.0 Å². The van der Waals surface area contributed by atoms with E-state index in [-0.39, 0.29) is 43.5 Å². The second-order valence-electron chi connectivity index (χ2n) is 4.75. The van der Waals surface area contributed by atoms with Crippen molar-refractivity contribution in [2.75, 3.05) is 20.3 Å². The van der Waals surface area contributed by atoms with Gasteiger partial charge in [-0.05, 0) is 19.3 Å².